The first kappa shape index (κ1) is 9.70. The topological polar surface area (TPSA) is 12.0 Å². The third kappa shape index (κ3) is 7.70. The molecule has 1 heteroatoms. The van der Waals surface area contributed by atoms with Crippen molar-refractivity contribution in [1.29, 1.82) is 0 Å². The Morgan fingerprint density at radius 1 is 1.30 bits per heavy atom. The van der Waals surface area contributed by atoms with Gasteiger partial charge in [0.15, 0.2) is 0 Å². The van der Waals surface area contributed by atoms with Gasteiger partial charge in [0.05, 0.1) is 0 Å². The Labute approximate surface area is 64.5 Å². The maximum Gasteiger partial charge on any atom is 0.0134 e. The van der Waals surface area contributed by atoms with Crippen LogP contribution in [-0.4, -0.2) is 13.1 Å². The van der Waals surface area contributed by atoms with E-state index in [0.29, 0.717) is 0 Å². The molecule has 1 nitrogen and oxygen atoms in total. The number of unbranched alkanes of at least 4 members (excludes halogenated alkanes) is 2. The number of allylic oxidation sites excluding steroid dienone is 1. The molecule has 0 saturated carbocycles. The molecule has 0 radical (unpaired) electrons. The van der Waals surface area contributed by atoms with Gasteiger partial charge >= 0.3 is 0 Å². The fourth-order valence-electron chi connectivity index (χ4n) is 0.803. The lowest BCUT2D eigenvalue weighted by atomic mass is 10.2. The van der Waals surface area contributed by atoms with E-state index in [1.807, 2.05) is 6.92 Å². The smallest absolute Gasteiger partial charge is 0.0134 e. The molecule has 0 heterocycles. The second-order valence-electron chi connectivity index (χ2n) is 2.48. The molecule has 0 aliphatic carbocycles. The molecule has 10 heavy (non-hydrogen) atoms. The Kier molecular flexibility index (Phi) is 8.44. The van der Waals surface area contributed by atoms with Crippen LogP contribution < -0.4 is 5.32 Å². The van der Waals surface area contributed by atoms with Crippen molar-refractivity contribution < 1.29 is 0 Å². The normalized spacial score (nSPS) is 11.0. The number of rotatable bonds is 6. The minimum Gasteiger partial charge on any atom is -0.313 e. The molecule has 0 atom stereocenters. The van der Waals surface area contributed by atoms with E-state index in [1.165, 1.54) is 19.3 Å². The zero-order chi connectivity index (χ0) is 7.66. The van der Waals surface area contributed by atoms with Gasteiger partial charge in [0.25, 0.3) is 0 Å². The van der Waals surface area contributed by atoms with E-state index < -0.39 is 0 Å². The van der Waals surface area contributed by atoms with Crippen molar-refractivity contribution in [1.82, 2.24) is 5.32 Å². The van der Waals surface area contributed by atoms with Crippen LogP contribution in [0.3, 0.4) is 0 Å². The highest BCUT2D eigenvalue weighted by Gasteiger charge is 1.82. The summed E-state index contributed by atoms with van der Waals surface area (Å²) in [5, 5.41) is 3.33. The first-order valence-electron chi connectivity index (χ1n) is 4.23. The molecular weight excluding hydrogens is 122 g/mol. The van der Waals surface area contributed by atoms with Crippen LogP contribution in [0, 0.1) is 0 Å². The summed E-state index contributed by atoms with van der Waals surface area (Å²) in [5.74, 6) is 0. The van der Waals surface area contributed by atoms with Gasteiger partial charge in [-0.1, -0.05) is 31.9 Å². The van der Waals surface area contributed by atoms with Crippen molar-refractivity contribution in [3.8, 4) is 0 Å². The van der Waals surface area contributed by atoms with Gasteiger partial charge in [0, 0.05) is 6.54 Å². The Balaban J connectivity index is 2.77. The molecule has 0 aliphatic heterocycles. The third-order valence-electron chi connectivity index (χ3n) is 1.45. The Morgan fingerprint density at radius 2 is 2.10 bits per heavy atom. The zero-order valence-electron chi connectivity index (χ0n) is 7.19. The van der Waals surface area contributed by atoms with Gasteiger partial charge in [0.1, 0.15) is 0 Å². The van der Waals surface area contributed by atoms with Crippen LogP contribution in [0.2, 0.25) is 0 Å². The Bertz CT molecular complexity index is 76.8. The summed E-state index contributed by atoms with van der Waals surface area (Å²) in [6.45, 7) is 6.47. The monoisotopic (exact) mass is 141 g/mol. The summed E-state index contributed by atoms with van der Waals surface area (Å²) in [6.07, 6.45) is 8.20. The van der Waals surface area contributed by atoms with Crippen LogP contribution >= 0.6 is 0 Å². The lowest BCUT2D eigenvalue weighted by molar-refractivity contribution is 0.646. The minimum atomic E-state index is 1.03. The number of hydrogen-bond acceptors (Lipinski definition) is 1. The van der Waals surface area contributed by atoms with Gasteiger partial charge in [-0.2, -0.15) is 0 Å². The van der Waals surface area contributed by atoms with Gasteiger partial charge in [-0.15, -0.1) is 0 Å². The maximum atomic E-state index is 3.33. The second kappa shape index (κ2) is 8.70. The molecule has 0 saturated heterocycles. The van der Waals surface area contributed by atoms with Crippen molar-refractivity contribution in [2.24, 2.45) is 0 Å². The first-order chi connectivity index (χ1) is 4.91. The van der Waals surface area contributed by atoms with E-state index in [1.54, 1.807) is 0 Å². The highest BCUT2D eigenvalue weighted by Crippen LogP contribution is 1.90. The molecule has 0 aromatic rings. The van der Waals surface area contributed by atoms with Crippen molar-refractivity contribution in [3.63, 3.8) is 0 Å². The second-order valence-corrected chi connectivity index (χ2v) is 2.48. The van der Waals surface area contributed by atoms with E-state index in [0.717, 1.165) is 13.1 Å². The average Bonchev–Trinajstić information content (AvgIpc) is 1.97. The van der Waals surface area contributed by atoms with Crippen LogP contribution in [0.5, 0.6) is 0 Å². The van der Waals surface area contributed by atoms with Crippen LogP contribution in [0.1, 0.15) is 33.1 Å². The van der Waals surface area contributed by atoms with Crippen LogP contribution in [0.25, 0.3) is 0 Å². The number of nitrogens with one attached hydrogen (secondary N) is 1. The SMILES string of the molecule is CC=CCNCCCCC. The van der Waals surface area contributed by atoms with Crippen molar-refractivity contribution in [2.75, 3.05) is 13.1 Å². The molecule has 0 unspecified atom stereocenters. The van der Waals surface area contributed by atoms with Crippen LogP contribution in [0.15, 0.2) is 12.2 Å². The minimum absolute atomic E-state index is 1.03. The van der Waals surface area contributed by atoms with Gasteiger partial charge in [0.2, 0.25) is 0 Å². The molecule has 0 amide bonds. The molecule has 0 fully saturated rings. The van der Waals surface area contributed by atoms with E-state index >= 15 is 0 Å². The third-order valence-corrected chi connectivity index (χ3v) is 1.45. The zero-order valence-corrected chi connectivity index (χ0v) is 7.19. The summed E-state index contributed by atoms with van der Waals surface area (Å²) < 4.78 is 0. The summed E-state index contributed by atoms with van der Waals surface area (Å²) in [5.41, 5.74) is 0. The van der Waals surface area contributed by atoms with Gasteiger partial charge in [-0.05, 0) is 19.9 Å². The predicted molar refractivity (Wildman–Crippen MR) is 47.2 cm³/mol. The van der Waals surface area contributed by atoms with Crippen LogP contribution in [-0.2, 0) is 0 Å². The van der Waals surface area contributed by atoms with Gasteiger partial charge < -0.3 is 5.32 Å². The summed E-state index contributed by atoms with van der Waals surface area (Å²) in [7, 11) is 0. The first-order valence-corrected chi connectivity index (χ1v) is 4.23. The Morgan fingerprint density at radius 3 is 2.70 bits per heavy atom. The summed E-state index contributed by atoms with van der Waals surface area (Å²) in [6, 6.07) is 0. The fourth-order valence-corrected chi connectivity index (χ4v) is 0.803. The maximum absolute atomic E-state index is 3.33. The predicted octanol–water partition coefficient (Wildman–Crippen LogP) is 2.34. The standard InChI is InChI=1S/C9H19N/c1-3-5-7-9-10-8-6-4-2/h4,6,10H,3,5,7-9H2,1-2H3. The van der Waals surface area contributed by atoms with E-state index in [-0.39, 0.29) is 0 Å². The average molecular weight is 141 g/mol. The van der Waals surface area contributed by atoms with Crippen molar-refractivity contribution in [2.45, 2.75) is 33.1 Å². The highest BCUT2D eigenvalue weighted by atomic mass is 14.8. The highest BCUT2D eigenvalue weighted by molar-refractivity contribution is 4.78. The summed E-state index contributed by atoms with van der Waals surface area (Å²) >= 11 is 0. The van der Waals surface area contributed by atoms with E-state index in [2.05, 4.69) is 24.4 Å². The van der Waals surface area contributed by atoms with Crippen molar-refractivity contribution in [3.05, 3.63) is 12.2 Å². The quantitative estimate of drug-likeness (QED) is 0.442. The molecule has 0 bridgehead atoms. The lowest BCUT2D eigenvalue weighted by Gasteiger charge is -1.98. The molecular formula is C9H19N. The number of hydrogen-bond donors (Lipinski definition) is 1. The molecule has 0 rings (SSSR count). The van der Waals surface area contributed by atoms with Gasteiger partial charge in [-0.3, -0.25) is 0 Å². The molecule has 0 spiro atoms. The largest absolute Gasteiger partial charge is 0.313 e. The Hall–Kier alpha value is -0.300. The van der Waals surface area contributed by atoms with Crippen molar-refractivity contribution >= 4 is 0 Å². The van der Waals surface area contributed by atoms with E-state index in [4.69, 9.17) is 0 Å². The summed E-state index contributed by atoms with van der Waals surface area (Å²) in [4.78, 5) is 0. The molecule has 0 aromatic carbocycles. The molecule has 1 N–H and O–H groups in total. The lowest BCUT2D eigenvalue weighted by Crippen LogP contribution is -2.14. The van der Waals surface area contributed by atoms with Gasteiger partial charge in [-0.25, -0.2) is 0 Å². The van der Waals surface area contributed by atoms with E-state index in [9.17, 15) is 0 Å². The van der Waals surface area contributed by atoms with Crippen LogP contribution in [0.4, 0.5) is 0 Å². The molecule has 60 valence electrons. The fraction of sp³-hybridized carbons (Fsp3) is 0.778. The molecule has 0 aliphatic rings. The molecule has 0 aromatic heterocycles.